The Hall–Kier alpha value is -0.820. The lowest BCUT2D eigenvalue weighted by atomic mass is 10.0. The van der Waals surface area contributed by atoms with E-state index in [9.17, 15) is 18.0 Å². The molecule has 0 aromatic heterocycles. The molecule has 0 spiro atoms. The van der Waals surface area contributed by atoms with Crippen LogP contribution in [0.5, 0.6) is 0 Å². The van der Waals surface area contributed by atoms with Gasteiger partial charge in [0, 0.05) is 19.7 Å². The summed E-state index contributed by atoms with van der Waals surface area (Å²) >= 11 is 0. The molecule has 2 saturated heterocycles. The summed E-state index contributed by atoms with van der Waals surface area (Å²) in [4.78, 5) is 13.3. The third kappa shape index (κ3) is 3.32. The molecule has 0 aromatic rings. The van der Waals surface area contributed by atoms with Crippen molar-refractivity contribution < 1.29 is 27.4 Å². The number of carbonyl (C=O) groups is 1. The number of hydrogen-bond acceptors (Lipinski definition) is 3. The van der Waals surface area contributed by atoms with E-state index in [1.165, 1.54) is 4.90 Å². The quantitative estimate of drug-likeness (QED) is 0.747. The van der Waals surface area contributed by atoms with Gasteiger partial charge in [0.1, 0.15) is 6.61 Å². The highest BCUT2D eigenvalue weighted by Crippen LogP contribution is 2.22. The van der Waals surface area contributed by atoms with E-state index in [2.05, 4.69) is 4.74 Å². The summed E-state index contributed by atoms with van der Waals surface area (Å²) in [6.07, 6.45) is -4.09. The molecule has 2 aliphatic heterocycles. The van der Waals surface area contributed by atoms with Gasteiger partial charge in [-0.2, -0.15) is 13.2 Å². The van der Waals surface area contributed by atoms with Gasteiger partial charge in [0.25, 0.3) is 0 Å². The molecule has 0 bridgehead atoms. The fourth-order valence-corrected chi connectivity index (χ4v) is 1.92. The molecule has 0 saturated carbocycles. The van der Waals surface area contributed by atoms with Crippen LogP contribution in [0, 0.1) is 5.92 Å². The number of rotatable bonds is 3. The second-order valence-electron chi connectivity index (χ2n) is 4.35. The smallest absolute Gasteiger partial charge is 0.381 e. The van der Waals surface area contributed by atoms with Gasteiger partial charge in [0.2, 0.25) is 5.91 Å². The van der Waals surface area contributed by atoms with Gasteiger partial charge in [-0.15, -0.1) is 0 Å². The molecule has 0 aromatic carbocycles. The first kappa shape index (κ1) is 12.6. The second-order valence-corrected chi connectivity index (χ2v) is 4.35. The standard InChI is InChI=1S/C10H14F3NO3/c11-10(12,13)6-17-8-3-14(4-8)9(15)7-1-2-16-5-7/h7-8H,1-6H2. The number of alkyl halides is 3. The maximum Gasteiger partial charge on any atom is 0.411 e. The molecule has 0 N–H and O–H groups in total. The molecule has 1 unspecified atom stereocenters. The Morgan fingerprint density at radius 2 is 2.12 bits per heavy atom. The zero-order valence-corrected chi connectivity index (χ0v) is 9.20. The Bertz CT molecular complexity index is 283. The Kier molecular flexibility index (Phi) is 3.58. The Balaban J connectivity index is 1.66. The highest BCUT2D eigenvalue weighted by molar-refractivity contribution is 5.80. The van der Waals surface area contributed by atoms with Gasteiger partial charge in [-0.25, -0.2) is 0 Å². The first-order valence-corrected chi connectivity index (χ1v) is 5.50. The largest absolute Gasteiger partial charge is 0.411 e. The van der Waals surface area contributed by atoms with Crippen LogP contribution in [0.1, 0.15) is 6.42 Å². The van der Waals surface area contributed by atoms with Crippen LogP contribution in [-0.2, 0) is 14.3 Å². The summed E-state index contributed by atoms with van der Waals surface area (Å²) < 4.78 is 45.3. The van der Waals surface area contributed by atoms with Crippen molar-refractivity contribution in [2.75, 3.05) is 32.9 Å². The van der Waals surface area contributed by atoms with Gasteiger partial charge in [-0.05, 0) is 6.42 Å². The Morgan fingerprint density at radius 3 is 2.65 bits per heavy atom. The average molecular weight is 253 g/mol. The lowest BCUT2D eigenvalue weighted by Gasteiger charge is -2.40. The highest BCUT2D eigenvalue weighted by atomic mass is 19.4. The Morgan fingerprint density at radius 1 is 1.41 bits per heavy atom. The highest BCUT2D eigenvalue weighted by Gasteiger charge is 2.38. The van der Waals surface area contributed by atoms with Crippen LogP contribution in [-0.4, -0.2) is 56.0 Å². The van der Waals surface area contributed by atoms with E-state index in [1.807, 2.05) is 0 Å². The summed E-state index contributed by atoms with van der Waals surface area (Å²) in [5.74, 6) is -0.159. The summed E-state index contributed by atoms with van der Waals surface area (Å²) in [6.45, 7) is 0.269. The van der Waals surface area contributed by atoms with Crippen molar-refractivity contribution in [1.82, 2.24) is 4.90 Å². The summed E-state index contributed by atoms with van der Waals surface area (Å²) in [6, 6.07) is 0. The molecule has 2 fully saturated rings. The predicted octanol–water partition coefficient (Wildman–Crippen LogP) is 0.813. The van der Waals surface area contributed by atoms with E-state index in [4.69, 9.17) is 4.74 Å². The maximum absolute atomic E-state index is 11.9. The minimum Gasteiger partial charge on any atom is -0.381 e. The zero-order chi connectivity index (χ0) is 12.5. The van der Waals surface area contributed by atoms with Crippen molar-refractivity contribution in [1.29, 1.82) is 0 Å². The second kappa shape index (κ2) is 4.81. The van der Waals surface area contributed by atoms with Crippen LogP contribution >= 0.6 is 0 Å². The van der Waals surface area contributed by atoms with Gasteiger partial charge in [0.05, 0.1) is 18.6 Å². The SMILES string of the molecule is O=C(C1CCOC1)N1CC(OCC(F)(F)F)C1. The van der Waals surface area contributed by atoms with Crippen molar-refractivity contribution in [3.63, 3.8) is 0 Å². The Labute approximate surface area is 96.7 Å². The maximum atomic E-state index is 11.9. The van der Waals surface area contributed by atoms with Crippen LogP contribution in [0.4, 0.5) is 13.2 Å². The first-order chi connectivity index (χ1) is 7.96. The molecule has 1 atom stereocenters. The molecule has 2 rings (SSSR count). The topological polar surface area (TPSA) is 38.8 Å². The number of amides is 1. The number of carbonyl (C=O) groups excluding carboxylic acids is 1. The van der Waals surface area contributed by atoms with Crippen molar-refractivity contribution in [2.24, 2.45) is 5.92 Å². The number of ether oxygens (including phenoxy) is 2. The van der Waals surface area contributed by atoms with Crippen molar-refractivity contribution in [3.8, 4) is 0 Å². The monoisotopic (exact) mass is 253 g/mol. The minimum absolute atomic E-state index is 0.0330. The minimum atomic E-state index is -4.30. The van der Waals surface area contributed by atoms with Crippen LogP contribution < -0.4 is 0 Å². The first-order valence-electron chi connectivity index (χ1n) is 5.50. The zero-order valence-electron chi connectivity index (χ0n) is 9.20. The van der Waals surface area contributed by atoms with E-state index in [-0.39, 0.29) is 24.9 Å². The molecule has 0 aliphatic carbocycles. The van der Waals surface area contributed by atoms with E-state index >= 15 is 0 Å². The number of likely N-dealkylation sites (tertiary alicyclic amines) is 1. The fraction of sp³-hybridized carbons (Fsp3) is 0.900. The van der Waals surface area contributed by atoms with E-state index in [0.717, 1.165) is 0 Å². The fourth-order valence-electron chi connectivity index (χ4n) is 1.92. The summed E-state index contributed by atoms with van der Waals surface area (Å²) in [5, 5.41) is 0. The molecule has 2 heterocycles. The van der Waals surface area contributed by atoms with Gasteiger partial charge < -0.3 is 14.4 Å². The van der Waals surface area contributed by atoms with Crippen molar-refractivity contribution >= 4 is 5.91 Å². The van der Waals surface area contributed by atoms with Crippen LogP contribution in [0.15, 0.2) is 0 Å². The van der Waals surface area contributed by atoms with Crippen molar-refractivity contribution in [3.05, 3.63) is 0 Å². The van der Waals surface area contributed by atoms with Gasteiger partial charge in [-0.1, -0.05) is 0 Å². The number of nitrogens with zero attached hydrogens (tertiary/aromatic N) is 1. The predicted molar refractivity (Wildman–Crippen MR) is 51.3 cm³/mol. The van der Waals surface area contributed by atoms with Gasteiger partial charge >= 0.3 is 6.18 Å². The summed E-state index contributed by atoms with van der Waals surface area (Å²) in [5.41, 5.74) is 0. The van der Waals surface area contributed by atoms with E-state index in [0.29, 0.717) is 19.6 Å². The van der Waals surface area contributed by atoms with Crippen LogP contribution in [0.2, 0.25) is 0 Å². The normalized spacial score (nSPS) is 26.1. The van der Waals surface area contributed by atoms with E-state index in [1.54, 1.807) is 0 Å². The molecular weight excluding hydrogens is 239 g/mol. The molecule has 98 valence electrons. The lowest BCUT2D eigenvalue weighted by molar-refractivity contribution is -0.200. The van der Waals surface area contributed by atoms with Crippen LogP contribution in [0.3, 0.4) is 0 Å². The molecule has 7 heteroatoms. The number of hydrogen-bond donors (Lipinski definition) is 0. The molecular formula is C10H14F3NO3. The third-order valence-electron chi connectivity index (χ3n) is 2.92. The summed E-state index contributed by atoms with van der Waals surface area (Å²) in [7, 11) is 0. The molecule has 17 heavy (non-hydrogen) atoms. The molecule has 1 amide bonds. The van der Waals surface area contributed by atoms with Gasteiger partial charge in [-0.3, -0.25) is 4.79 Å². The van der Waals surface area contributed by atoms with Crippen molar-refractivity contribution in [2.45, 2.75) is 18.7 Å². The number of halogens is 3. The van der Waals surface area contributed by atoms with Crippen LogP contribution in [0.25, 0.3) is 0 Å². The molecule has 0 radical (unpaired) electrons. The average Bonchev–Trinajstić information content (AvgIpc) is 2.65. The van der Waals surface area contributed by atoms with E-state index < -0.39 is 18.9 Å². The molecule has 4 nitrogen and oxygen atoms in total. The lowest BCUT2D eigenvalue weighted by Crippen LogP contribution is -2.57. The molecule has 2 aliphatic rings. The third-order valence-corrected chi connectivity index (χ3v) is 2.92. The van der Waals surface area contributed by atoms with Gasteiger partial charge in [0.15, 0.2) is 0 Å².